The minimum Gasteiger partial charge on any atom is -0.378 e. The second-order valence-corrected chi connectivity index (χ2v) is 7.19. The van der Waals surface area contributed by atoms with Gasteiger partial charge in [0.05, 0.1) is 18.2 Å². The molecule has 144 valence electrons. The van der Waals surface area contributed by atoms with Gasteiger partial charge < -0.3 is 14.5 Å². The monoisotopic (exact) mass is 391 g/mol. The third-order valence-electron chi connectivity index (χ3n) is 5.10. The molecule has 0 spiro atoms. The van der Waals surface area contributed by atoms with Gasteiger partial charge in [-0.3, -0.25) is 4.90 Å². The summed E-state index contributed by atoms with van der Waals surface area (Å²) in [6.07, 6.45) is 1.64. The Morgan fingerprint density at radius 1 is 0.963 bits per heavy atom. The standard InChI is InChI=1S/C19H23ClFN5O/c20-19-15(2-1-3-16(19)21)13-24-4-6-25(7-5-24)17-12-18(23-14-22-17)26-8-10-27-11-9-26/h1-3,12,14H,4-11,13H2. The lowest BCUT2D eigenvalue weighted by Gasteiger charge is -2.36. The number of nitrogens with zero attached hydrogens (tertiary/aromatic N) is 5. The molecule has 27 heavy (non-hydrogen) atoms. The molecule has 0 unspecified atom stereocenters. The van der Waals surface area contributed by atoms with Crippen molar-refractivity contribution < 1.29 is 9.13 Å². The number of ether oxygens (including phenoxy) is 1. The molecule has 0 atom stereocenters. The Morgan fingerprint density at radius 3 is 2.33 bits per heavy atom. The van der Waals surface area contributed by atoms with Crippen LogP contribution >= 0.6 is 11.6 Å². The zero-order valence-electron chi connectivity index (χ0n) is 15.2. The average Bonchev–Trinajstić information content (AvgIpc) is 2.73. The summed E-state index contributed by atoms with van der Waals surface area (Å²) in [5, 5.41) is 0.228. The fourth-order valence-electron chi connectivity index (χ4n) is 3.52. The number of hydrogen-bond acceptors (Lipinski definition) is 6. The first kappa shape index (κ1) is 18.4. The molecule has 2 fully saturated rings. The predicted molar refractivity (Wildman–Crippen MR) is 104 cm³/mol. The van der Waals surface area contributed by atoms with Crippen LogP contribution in [0.5, 0.6) is 0 Å². The van der Waals surface area contributed by atoms with Gasteiger partial charge in [-0.2, -0.15) is 0 Å². The van der Waals surface area contributed by atoms with E-state index in [0.29, 0.717) is 6.54 Å². The molecule has 2 aliphatic rings. The van der Waals surface area contributed by atoms with Crippen LogP contribution in [0.1, 0.15) is 5.56 Å². The van der Waals surface area contributed by atoms with Gasteiger partial charge in [-0.15, -0.1) is 0 Å². The maximum atomic E-state index is 13.6. The smallest absolute Gasteiger partial charge is 0.142 e. The Morgan fingerprint density at radius 2 is 1.63 bits per heavy atom. The highest BCUT2D eigenvalue weighted by Gasteiger charge is 2.21. The zero-order chi connectivity index (χ0) is 18.6. The lowest BCUT2D eigenvalue weighted by Crippen LogP contribution is -2.46. The molecular formula is C19H23ClFN5O. The summed E-state index contributed by atoms with van der Waals surface area (Å²) < 4.78 is 19.0. The van der Waals surface area contributed by atoms with Crippen molar-refractivity contribution in [2.24, 2.45) is 0 Å². The van der Waals surface area contributed by atoms with Crippen molar-refractivity contribution in [3.8, 4) is 0 Å². The third kappa shape index (κ3) is 4.31. The molecule has 1 aromatic carbocycles. The molecule has 2 aromatic rings. The lowest BCUT2D eigenvalue weighted by molar-refractivity contribution is 0.122. The topological polar surface area (TPSA) is 44.7 Å². The third-order valence-corrected chi connectivity index (χ3v) is 5.52. The number of hydrogen-bond donors (Lipinski definition) is 0. The number of benzene rings is 1. The van der Waals surface area contributed by atoms with Crippen LogP contribution in [0.15, 0.2) is 30.6 Å². The van der Waals surface area contributed by atoms with E-state index in [2.05, 4.69) is 30.7 Å². The van der Waals surface area contributed by atoms with Crippen LogP contribution < -0.4 is 9.80 Å². The van der Waals surface area contributed by atoms with Crippen molar-refractivity contribution in [3.05, 3.63) is 47.0 Å². The maximum Gasteiger partial charge on any atom is 0.142 e. The van der Waals surface area contributed by atoms with Crippen molar-refractivity contribution >= 4 is 23.2 Å². The van der Waals surface area contributed by atoms with Crippen molar-refractivity contribution in [2.45, 2.75) is 6.54 Å². The van der Waals surface area contributed by atoms with E-state index in [4.69, 9.17) is 16.3 Å². The molecule has 0 aliphatic carbocycles. The van der Waals surface area contributed by atoms with Crippen molar-refractivity contribution in [1.82, 2.24) is 14.9 Å². The van der Waals surface area contributed by atoms with E-state index in [-0.39, 0.29) is 10.8 Å². The molecule has 0 saturated carbocycles. The summed E-state index contributed by atoms with van der Waals surface area (Å²) in [5.74, 6) is 1.55. The van der Waals surface area contributed by atoms with E-state index >= 15 is 0 Å². The van der Waals surface area contributed by atoms with Crippen LogP contribution in [0.4, 0.5) is 16.0 Å². The molecule has 0 bridgehead atoms. The minimum absolute atomic E-state index is 0.228. The van der Waals surface area contributed by atoms with E-state index in [9.17, 15) is 4.39 Å². The van der Waals surface area contributed by atoms with Crippen LogP contribution in [0.3, 0.4) is 0 Å². The fourth-order valence-corrected chi connectivity index (χ4v) is 3.71. The SMILES string of the molecule is Fc1cccc(CN2CCN(c3cc(N4CCOCC4)ncn3)CC2)c1Cl. The van der Waals surface area contributed by atoms with Crippen molar-refractivity contribution in [1.29, 1.82) is 0 Å². The summed E-state index contributed by atoms with van der Waals surface area (Å²) in [5.41, 5.74) is 0.835. The van der Waals surface area contributed by atoms with Gasteiger partial charge in [-0.05, 0) is 11.6 Å². The number of anilines is 2. The largest absolute Gasteiger partial charge is 0.378 e. The lowest BCUT2D eigenvalue weighted by atomic mass is 10.2. The van der Waals surface area contributed by atoms with Crippen LogP contribution in [0, 0.1) is 5.82 Å². The summed E-state index contributed by atoms with van der Waals surface area (Å²) in [4.78, 5) is 15.7. The first-order valence-corrected chi connectivity index (χ1v) is 9.63. The van der Waals surface area contributed by atoms with Gasteiger partial charge in [-0.25, -0.2) is 14.4 Å². The Bertz CT molecular complexity index is 778. The molecule has 1 aromatic heterocycles. The Kier molecular flexibility index (Phi) is 5.71. The maximum absolute atomic E-state index is 13.6. The highest BCUT2D eigenvalue weighted by Crippen LogP contribution is 2.23. The average molecular weight is 392 g/mol. The number of rotatable bonds is 4. The summed E-state index contributed by atoms with van der Waals surface area (Å²) >= 11 is 6.09. The highest BCUT2D eigenvalue weighted by atomic mass is 35.5. The van der Waals surface area contributed by atoms with Gasteiger partial charge in [0.1, 0.15) is 23.8 Å². The molecule has 2 aliphatic heterocycles. The number of aromatic nitrogens is 2. The first-order chi connectivity index (χ1) is 13.2. The van der Waals surface area contributed by atoms with Gasteiger partial charge in [0, 0.05) is 51.9 Å². The summed E-state index contributed by atoms with van der Waals surface area (Å²) in [6, 6.07) is 7.05. The van der Waals surface area contributed by atoms with Crippen LogP contribution in [0.25, 0.3) is 0 Å². The van der Waals surface area contributed by atoms with Crippen molar-refractivity contribution in [3.63, 3.8) is 0 Å². The van der Waals surface area contributed by atoms with Gasteiger partial charge in [0.25, 0.3) is 0 Å². The summed E-state index contributed by atoms with van der Waals surface area (Å²) in [6.45, 7) is 7.35. The first-order valence-electron chi connectivity index (χ1n) is 9.25. The second kappa shape index (κ2) is 8.37. The minimum atomic E-state index is -0.357. The number of piperazine rings is 1. The molecule has 3 heterocycles. The number of morpholine rings is 1. The molecule has 0 N–H and O–H groups in total. The van der Waals surface area contributed by atoms with E-state index < -0.39 is 0 Å². The Balaban J connectivity index is 1.37. The number of halogens is 2. The highest BCUT2D eigenvalue weighted by molar-refractivity contribution is 6.31. The van der Waals surface area contributed by atoms with Gasteiger partial charge in [-0.1, -0.05) is 23.7 Å². The fraction of sp³-hybridized carbons (Fsp3) is 0.474. The van der Waals surface area contributed by atoms with E-state index in [1.807, 2.05) is 6.07 Å². The van der Waals surface area contributed by atoms with Crippen LogP contribution in [-0.2, 0) is 11.3 Å². The quantitative estimate of drug-likeness (QED) is 0.797. The molecule has 2 saturated heterocycles. The van der Waals surface area contributed by atoms with E-state index in [1.165, 1.54) is 6.07 Å². The predicted octanol–water partition coefficient (Wildman–Crippen LogP) is 2.43. The van der Waals surface area contributed by atoms with Gasteiger partial charge in [0.15, 0.2) is 0 Å². The molecule has 4 rings (SSSR count). The van der Waals surface area contributed by atoms with Crippen LogP contribution in [0.2, 0.25) is 5.02 Å². The molecule has 0 amide bonds. The summed E-state index contributed by atoms with van der Waals surface area (Å²) in [7, 11) is 0. The van der Waals surface area contributed by atoms with E-state index in [0.717, 1.165) is 69.7 Å². The van der Waals surface area contributed by atoms with Crippen molar-refractivity contribution in [2.75, 3.05) is 62.3 Å². The van der Waals surface area contributed by atoms with E-state index in [1.54, 1.807) is 12.4 Å². The van der Waals surface area contributed by atoms with Gasteiger partial charge >= 0.3 is 0 Å². The molecule has 8 heteroatoms. The Labute approximate surface area is 163 Å². The van der Waals surface area contributed by atoms with Crippen LogP contribution in [-0.4, -0.2) is 67.4 Å². The zero-order valence-corrected chi connectivity index (χ0v) is 15.9. The second-order valence-electron chi connectivity index (χ2n) is 6.81. The Hall–Kier alpha value is -1.96. The molecule has 6 nitrogen and oxygen atoms in total. The molecular weight excluding hydrogens is 369 g/mol. The normalized spacial score (nSPS) is 18.7. The molecule has 0 radical (unpaired) electrons. The van der Waals surface area contributed by atoms with Gasteiger partial charge in [0.2, 0.25) is 0 Å².